The predicted octanol–water partition coefficient (Wildman–Crippen LogP) is 2.87. The molecule has 2 aromatic rings. The molecule has 1 aromatic heterocycles. The largest absolute Gasteiger partial charge is 0.495 e. The van der Waals surface area contributed by atoms with Crippen LogP contribution in [0.4, 0.5) is 5.69 Å². The second kappa shape index (κ2) is 7.12. The third kappa shape index (κ3) is 4.11. The molecule has 0 radical (unpaired) electrons. The maximum atomic E-state index is 11.9. The zero-order chi connectivity index (χ0) is 14.4. The fourth-order valence-corrected chi connectivity index (χ4v) is 2.23. The van der Waals surface area contributed by atoms with Gasteiger partial charge in [-0.05, 0) is 24.3 Å². The first-order valence-electron chi connectivity index (χ1n) is 5.72. The summed E-state index contributed by atoms with van der Waals surface area (Å²) in [5, 5.41) is 3.83. The summed E-state index contributed by atoms with van der Waals surface area (Å²) in [4.78, 5) is 19.9. The van der Waals surface area contributed by atoms with Crippen molar-refractivity contribution >= 4 is 35.0 Å². The Hall–Kier alpha value is -1.79. The molecule has 104 valence electrons. The van der Waals surface area contributed by atoms with Crippen LogP contribution < -0.4 is 10.1 Å². The molecule has 7 heteroatoms. The van der Waals surface area contributed by atoms with Gasteiger partial charge in [0.15, 0.2) is 5.16 Å². The molecule has 0 saturated carbocycles. The van der Waals surface area contributed by atoms with Gasteiger partial charge < -0.3 is 10.1 Å². The molecule has 0 unspecified atom stereocenters. The number of anilines is 1. The van der Waals surface area contributed by atoms with Gasteiger partial charge >= 0.3 is 0 Å². The van der Waals surface area contributed by atoms with Gasteiger partial charge in [0.05, 0.1) is 18.6 Å². The number of nitrogens with one attached hydrogen (secondary N) is 1. The molecular weight excluding hydrogens is 298 g/mol. The molecule has 20 heavy (non-hydrogen) atoms. The molecule has 1 aromatic carbocycles. The van der Waals surface area contributed by atoms with Crippen molar-refractivity contribution in [1.82, 2.24) is 9.97 Å². The molecule has 5 nitrogen and oxygen atoms in total. The maximum Gasteiger partial charge on any atom is 0.234 e. The van der Waals surface area contributed by atoms with Gasteiger partial charge in [0.25, 0.3) is 0 Å². The standard InChI is InChI=1S/C13H12ClN3O2S/c1-19-11-4-3-9(14)7-10(11)17-12(18)8-20-13-15-5-2-6-16-13/h2-7H,8H2,1H3,(H,17,18). The smallest absolute Gasteiger partial charge is 0.234 e. The number of carbonyl (C=O) groups excluding carboxylic acids is 1. The van der Waals surface area contributed by atoms with E-state index in [2.05, 4.69) is 15.3 Å². The molecule has 0 spiro atoms. The Morgan fingerprint density at radius 3 is 2.85 bits per heavy atom. The van der Waals surface area contributed by atoms with E-state index in [1.165, 1.54) is 18.9 Å². The lowest BCUT2D eigenvalue weighted by atomic mass is 10.3. The van der Waals surface area contributed by atoms with Crippen molar-refractivity contribution < 1.29 is 9.53 Å². The Balaban J connectivity index is 1.96. The molecule has 0 atom stereocenters. The van der Waals surface area contributed by atoms with E-state index in [0.717, 1.165) is 0 Å². The fourth-order valence-electron chi connectivity index (χ4n) is 1.45. The average Bonchev–Trinajstić information content (AvgIpc) is 2.46. The third-order valence-electron chi connectivity index (χ3n) is 2.31. The van der Waals surface area contributed by atoms with E-state index in [-0.39, 0.29) is 11.7 Å². The number of ether oxygens (including phenoxy) is 1. The van der Waals surface area contributed by atoms with Gasteiger partial charge in [-0.15, -0.1) is 0 Å². The number of aromatic nitrogens is 2. The molecule has 0 aliphatic rings. The van der Waals surface area contributed by atoms with Crippen LogP contribution in [0.5, 0.6) is 5.75 Å². The van der Waals surface area contributed by atoms with Crippen LogP contribution in [0, 0.1) is 0 Å². The summed E-state index contributed by atoms with van der Waals surface area (Å²) in [6.07, 6.45) is 3.26. The quantitative estimate of drug-likeness (QED) is 0.679. The molecule has 0 aliphatic carbocycles. The maximum absolute atomic E-state index is 11.9. The lowest BCUT2D eigenvalue weighted by Crippen LogP contribution is -2.15. The molecule has 2 rings (SSSR count). The number of hydrogen-bond acceptors (Lipinski definition) is 5. The van der Waals surface area contributed by atoms with Gasteiger partial charge in [-0.2, -0.15) is 0 Å². The zero-order valence-corrected chi connectivity index (χ0v) is 12.2. The summed E-state index contributed by atoms with van der Waals surface area (Å²) in [5.74, 6) is 0.589. The summed E-state index contributed by atoms with van der Waals surface area (Å²) in [6.45, 7) is 0. The van der Waals surface area contributed by atoms with Crippen molar-refractivity contribution in [1.29, 1.82) is 0 Å². The minimum atomic E-state index is -0.178. The van der Waals surface area contributed by atoms with E-state index < -0.39 is 0 Å². The van der Waals surface area contributed by atoms with Crippen LogP contribution in [0.3, 0.4) is 0 Å². The second-order valence-electron chi connectivity index (χ2n) is 3.71. The highest BCUT2D eigenvalue weighted by Gasteiger charge is 2.09. The summed E-state index contributed by atoms with van der Waals surface area (Å²) in [5.41, 5.74) is 0.541. The average molecular weight is 310 g/mol. The lowest BCUT2D eigenvalue weighted by molar-refractivity contribution is -0.113. The summed E-state index contributed by atoms with van der Waals surface area (Å²) in [6, 6.07) is 6.76. The van der Waals surface area contributed by atoms with Crippen molar-refractivity contribution in [3.8, 4) is 5.75 Å². The van der Waals surface area contributed by atoms with Crippen LogP contribution in [-0.2, 0) is 4.79 Å². The SMILES string of the molecule is COc1ccc(Cl)cc1NC(=O)CSc1ncccn1. The highest BCUT2D eigenvalue weighted by Crippen LogP contribution is 2.27. The van der Waals surface area contributed by atoms with Crippen LogP contribution in [0.1, 0.15) is 0 Å². The zero-order valence-electron chi connectivity index (χ0n) is 10.7. The van der Waals surface area contributed by atoms with Crippen LogP contribution >= 0.6 is 23.4 Å². The number of nitrogens with zero attached hydrogens (tertiary/aromatic N) is 2. The number of amides is 1. The second-order valence-corrected chi connectivity index (χ2v) is 5.09. The minimum absolute atomic E-state index is 0.178. The Kier molecular flexibility index (Phi) is 5.20. The Morgan fingerprint density at radius 1 is 1.40 bits per heavy atom. The number of benzene rings is 1. The van der Waals surface area contributed by atoms with Crippen LogP contribution in [0.15, 0.2) is 41.8 Å². The van der Waals surface area contributed by atoms with Crippen molar-refractivity contribution in [2.75, 3.05) is 18.2 Å². The molecular formula is C13H12ClN3O2S. The lowest BCUT2D eigenvalue weighted by Gasteiger charge is -2.10. The Bertz CT molecular complexity index is 595. The number of rotatable bonds is 5. The highest BCUT2D eigenvalue weighted by molar-refractivity contribution is 7.99. The molecule has 1 N–H and O–H groups in total. The molecule has 0 fully saturated rings. The Labute approximate surface area is 125 Å². The van der Waals surface area contributed by atoms with Crippen molar-refractivity contribution in [2.45, 2.75) is 5.16 Å². The van der Waals surface area contributed by atoms with Crippen molar-refractivity contribution in [2.24, 2.45) is 0 Å². The number of methoxy groups -OCH3 is 1. The summed E-state index contributed by atoms with van der Waals surface area (Å²) < 4.78 is 5.16. The van der Waals surface area contributed by atoms with E-state index in [1.54, 1.807) is 36.7 Å². The van der Waals surface area contributed by atoms with E-state index >= 15 is 0 Å². The monoisotopic (exact) mass is 309 g/mol. The van der Waals surface area contributed by atoms with E-state index in [4.69, 9.17) is 16.3 Å². The first kappa shape index (κ1) is 14.6. The van der Waals surface area contributed by atoms with E-state index in [0.29, 0.717) is 21.6 Å². The Morgan fingerprint density at radius 2 is 2.15 bits per heavy atom. The predicted molar refractivity (Wildman–Crippen MR) is 79.4 cm³/mol. The molecule has 0 aliphatic heterocycles. The van der Waals surface area contributed by atoms with Crippen molar-refractivity contribution in [3.05, 3.63) is 41.7 Å². The van der Waals surface area contributed by atoms with E-state index in [1.807, 2.05) is 0 Å². The fraction of sp³-hybridized carbons (Fsp3) is 0.154. The van der Waals surface area contributed by atoms with Gasteiger partial charge in [-0.25, -0.2) is 9.97 Å². The molecule has 0 saturated heterocycles. The van der Waals surface area contributed by atoms with Gasteiger partial charge in [0, 0.05) is 17.4 Å². The van der Waals surface area contributed by atoms with Crippen LogP contribution in [0.25, 0.3) is 0 Å². The number of carbonyl (C=O) groups is 1. The molecule has 0 bridgehead atoms. The third-order valence-corrected chi connectivity index (χ3v) is 3.42. The first-order chi connectivity index (χ1) is 9.69. The van der Waals surface area contributed by atoms with E-state index in [9.17, 15) is 4.79 Å². The molecule has 1 heterocycles. The summed E-state index contributed by atoms with van der Waals surface area (Å²) >= 11 is 7.16. The van der Waals surface area contributed by atoms with Gasteiger partial charge in [0.2, 0.25) is 5.91 Å². The van der Waals surface area contributed by atoms with Crippen LogP contribution in [0.2, 0.25) is 5.02 Å². The number of halogens is 1. The normalized spacial score (nSPS) is 10.1. The minimum Gasteiger partial charge on any atom is -0.495 e. The number of hydrogen-bond donors (Lipinski definition) is 1. The summed E-state index contributed by atoms with van der Waals surface area (Å²) in [7, 11) is 1.53. The highest BCUT2D eigenvalue weighted by atomic mass is 35.5. The van der Waals surface area contributed by atoms with Gasteiger partial charge in [-0.3, -0.25) is 4.79 Å². The van der Waals surface area contributed by atoms with Crippen LogP contribution in [-0.4, -0.2) is 28.7 Å². The van der Waals surface area contributed by atoms with Gasteiger partial charge in [-0.1, -0.05) is 23.4 Å². The molecule has 1 amide bonds. The first-order valence-corrected chi connectivity index (χ1v) is 7.08. The topological polar surface area (TPSA) is 64.1 Å². The van der Waals surface area contributed by atoms with Crippen molar-refractivity contribution in [3.63, 3.8) is 0 Å². The number of thioether (sulfide) groups is 1. The van der Waals surface area contributed by atoms with Gasteiger partial charge in [0.1, 0.15) is 5.75 Å².